The van der Waals surface area contributed by atoms with E-state index in [0.717, 1.165) is 17.7 Å². The Morgan fingerprint density at radius 1 is 1.23 bits per heavy atom. The topological polar surface area (TPSA) is 68.0 Å². The molecule has 0 spiro atoms. The number of carbonyl (C=O) groups is 1. The van der Waals surface area contributed by atoms with Crippen LogP contribution in [0.3, 0.4) is 0 Å². The predicted octanol–water partition coefficient (Wildman–Crippen LogP) is 2.34. The van der Waals surface area contributed by atoms with E-state index in [2.05, 4.69) is 10.3 Å². The van der Waals surface area contributed by atoms with Gasteiger partial charge in [0, 0.05) is 18.3 Å². The fourth-order valence-corrected chi connectivity index (χ4v) is 1.83. The van der Waals surface area contributed by atoms with Crippen molar-refractivity contribution in [2.24, 2.45) is 5.73 Å². The summed E-state index contributed by atoms with van der Waals surface area (Å²) in [7, 11) is 0. The Bertz CT molecular complexity index is 654. The molecule has 7 heteroatoms. The summed E-state index contributed by atoms with van der Waals surface area (Å²) in [5.41, 5.74) is 6.00. The molecule has 22 heavy (non-hydrogen) atoms. The molecule has 0 saturated heterocycles. The number of nitrogens with two attached hydrogens (primary N) is 1. The molecule has 0 aliphatic carbocycles. The molecule has 1 aromatic heterocycles. The molecule has 0 fully saturated rings. The minimum atomic E-state index is -4.39. The van der Waals surface area contributed by atoms with E-state index >= 15 is 0 Å². The van der Waals surface area contributed by atoms with Gasteiger partial charge in [0.25, 0.3) is 0 Å². The van der Waals surface area contributed by atoms with Crippen molar-refractivity contribution in [2.75, 3.05) is 6.54 Å². The molecule has 3 N–H and O–H groups in total. The number of carbonyl (C=O) groups excluding carboxylic acids is 1. The summed E-state index contributed by atoms with van der Waals surface area (Å²) >= 11 is 0. The second kappa shape index (κ2) is 6.57. The fraction of sp³-hybridized carbons (Fsp3) is 0.200. The van der Waals surface area contributed by atoms with Gasteiger partial charge in [-0.25, -0.2) is 0 Å². The van der Waals surface area contributed by atoms with Gasteiger partial charge in [-0.2, -0.15) is 13.2 Å². The van der Waals surface area contributed by atoms with E-state index in [4.69, 9.17) is 5.73 Å². The Hall–Kier alpha value is -2.41. The van der Waals surface area contributed by atoms with Crippen LogP contribution < -0.4 is 11.1 Å². The number of hydrogen-bond donors (Lipinski definition) is 2. The monoisotopic (exact) mass is 309 g/mol. The van der Waals surface area contributed by atoms with Gasteiger partial charge < -0.3 is 11.1 Å². The molecule has 2 aromatic rings. The third-order valence-corrected chi connectivity index (χ3v) is 2.99. The first-order chi connectivity index (χ1) is 10.4. The molecular formula is C15H14F3N3O. The van der Waals surface area contributed by atoms with Crippen molar-refractivity contribution in [3.63, 3.8) is 0 Å². The van der Waals surface area contributed by atoms with Gasteiger partial charge in [0.15, 0.2) is 0 Å². The van der Waals surface area contributed by atoms with Crippen LogP contribution in [0.1, 0.15) is 11.1 Å². The van der Waals surface area contributed by atoms with Gasteiger partial charge >= 0.3 is 6.18 Å². The average molecular weight is 309 g/mol. The van der Waals surface area contributed by atoms with Crippen molar-refractivity contribution in [1.82, 2.24) is 10.3 Å². The van der Waals surface area contributed by atoms with Crippen molar-refractivity contribution in [2.45, 2.75) is 12.7 Å². The van der Waals surface area contributed by atoms with Crippen molar-refractivity contribution < 1.29 is 18.0 Å². The zero-order chi connectivity index (χ0) is 16.2. The lowest BCUT2D eigenvalue weighted by Crippen LogP contribution is -2.29. The maximum Gasteiger partial charge on any atom is 0.416 e. The highest BCUT2D eigenvalue weighted by atomic mass is 19.4. The van der Waals surface area contributed by atoms with Gasteiger partial charge in [-0.3, -0.25) is 9.78 Å². The van der Waals surface area contributed by atoms with Crippen LogP contribution in [-0.2, 0) is 17.5 Å². The second-order valence-corrected chi connectivity index (χ2v) is 4.61. The van der Waals surface area contributed by atoms with Crippen molar-refractivity contribution >= 4 is 5.91 Å². The molecule has 116 valence electrons. The van der Waals surface area contributed by atoms with Gasteiger partial charge in [0.2, 0.25) is 5.91 Å². The number of halogens is 3. The Morgan fingerprint density at radius 3 is 2.59 bits per heavy atom. The first kappa shape index (κ1) is 16.0. The normalized spacial score (nSPS) is 11.3. The lowest BCUT2D eigenvalue weighted by Gasteiger charge is -2.09. The largest absolute Gasteiger partial charge is 0.416 e. The molecule has 0 unspecified atom stereocenters. The SMILES string of the molecule is NCC(=O)NCc1ccc(-c2cccc(C(F)(F)F)c2)nc1. The lowest BCUT2D eigenvalue weighted by molar-refractivity contribution is -0.137. The molecule has 4 nitrogen and oxygen atoms in total. The third-order valence-electron chi connectivity index (χ3n) is 2.99. The van der Waals surface area contributed by atoms with Crippen molar-refractivity contribution in [3.05, 3.63) is 53.7 Å². The van der Waals surface area contributed by atoms with Gasteiger partial charge in [-0.15, -0.1) is 0 Å². The average Bonchev–Trinajstić information content (AvgIpc) is 2.52. The quantitative estimate of drug-likeness (QED) is 0.911. The van der Waals surface area contributed by atoms with Gasteiger partial charge in [0.05, 0.1) is 17.8 Å². The van der Waals surface area contributed by atoms with E-state index in [0.29, 0.717) is 11.3 Å². The number of pyridine rings is 1. The Morgan fingerprint density at radius 2 is 2.00 bits per heavy atom. The summed E-state index contributed by atoms with van der Waals surface area (Å²) in [5, 5.41) is 2.58. The van der Waals surface area contributed by atoms with E-state index < -0.39 is 11.7 Å². The maximum absolute atomic E-state index is 12.7. The number of hydrogen-bond acceptors (Lipinski definition) is 3. The zero-order valence-electron chi connectivity index (χ0n) is 11.5. The number of rotatable bonds is 4. The minimum Gasteiger partial charge on any atom is -0.351 e. The van der Waals surface area contributed by atoms with Crippen LogP contribution in [0.15, 0.2) is 42.6 Å². The molecule has 1 heterocycles. The van der Waals surface area contributed by atoms with Crippen LogP contribution in [-0.4, -0.2) is 17.4 Å². The van der Waals surface area contributed by atoms with Crippen molar-refractivity contribution in [1.29, 1.82) is 0 Å². The summed E-state index contributed by atoms with van der Waals surface area (Å²) in [4.78, 5) is 15.2. The van der Waals surface area contributed by atoms with Crippen molar-refractivity contribution in [3.8, 4) is 11.3 Å². The first-order valence-corrected chi connectivity index (χ1v) is 6.49. The maximum atomic E-state index is 12.7. The van der Waals surface area contributed by atoms with E-state index in [1.54, 1.807) is 18.2 Å². The number of aromatic nitrogens is 1. The smallest absolute Gasteiger partial charge is 0.351 e. The third kappa shape index (κ3) is 4.05. The van der Waals surface area contributed by atoms with Crippen LogP contribution in [0, 0.1) is 0 Å². The molecule has 1 aromatic carbocycles. The minimum absolute atomic E-state index is 0.101. The lowest BCUT2D eigenvalue weighted by atomic mass is 10.1. The molecule has 0 saturated carbocycles. The molecule has 0 radical (unpaired) electrons. The van der Waals surface area contributed by atoms with Gasteiger partial charge in [-0.1, -0.05) is 18.2 Å². The van der Waals surface area contributed by atoms with Crippen LogP contribution in [0.2, 0.25) is 0 Å². The Kier molecular flexibility index (Phi) is 4.77. The summed E-state index contributed by atoms with van der Waals surface area (Å²) < 4.78 is 38.1. The molecular weight excluding hydrogens is 295 g/mol. The molecule has 2 rings (SSSR count). The Labute approximate surface area is 125 Å². The molecule has 0 aliphatic heterocycles. The van der Waals surface area contributed by atoms with E-state index in [9.17, 15) is 18.0 Å². The summed E-state index contributed by atoms with van der Waals surface area (Å²) in [6, 6.07) is 8.28. The standard InChI is InChI=1S/C15H14F3N3O/c16-15(17,18)12-3-1-2-11(6-12)13-5-4-10(8-20-13)9-21-14(22)7-19/h1-6,8H,7,9,19H2,(H,21,22). The number of amides is 1. The highest BCUT2D eigenvalue weighted by molar-refractivity contribution is 5.77. The highest BCUT2D eigenvalue weighted by Gasteiger charge is 2.30. The summed E-state index contributed by atoms with van der Waals surface area (Å²) in [6.07, 6.45) is -2.88. The zero-order valence-corrected chi connectivity index (χ0v) is 11.5. The van der Waals surface area contributed by atoms with Crippen LogP contribution in [0.5, 0.6) is 0 Å². The van der Waals surface area contributed by atoms with Crippen LogP contribution in [0.25, 0.3) is 11.3 Å². The van der Waals surface area contributed by atoms with Gasteiger partial charge in [0.1, 0.15) is 0 Å². The number of nitrogens with one attached hydrogen (secondary N) is 1. The summed E-state index contributed by atoms with van der Waals surface area (Å²) in [5.74, 6) is -0.290. The van der Waals surface area contributed by atoms with E-state index in [1.165, 1.54) is 12.3 Å². The predicted molar refractivity (Wildman–Crippen MR) is 75.6 cm³/mol. The molecule has 0 aliphatic rings. The molecule has 0 atom stereocenters. The van der Waals surface area contributed by atoms with Gasteiger partial charge in [-0.05, 0) is 23.8 Å². The highest BCUT2D eigenvalue weighted by Crippen LogP contribution is 2.31. The van der Waals surface area contributed by atoms with E-state index in [1.807, 2.05) is 0 Å². The number of alkyl halides is 3. The summed E-state index contributed by atoms with van der Waals surface area (Å²) in [6.45, 7) is 0.168. The van der Waals surface area contributed by atoms with Crippen LogP contribution >= 0.6 is 0 Å². The molecule has 1 amide bonds. The van der Waals surface area contributed by atoms with Crippen LogP contribution in [0.4, 0.5) is 13.2 Å². The number of nitrogens with zero attached hydrogens (tertiary/aromatic N) is 1. The number of benzene rings is 1. The first-order valence-electron chi connectivity index (χ1n) is 6.49. The fourth-order valence-electron chi connectivity index (χ4n) is 1.83. The second-order valence-electron chi connectivity index (χ2n) is 4.61. The van der Waals surface area contributed by atoms with E-state index in [-0.39, 0.29) is 19.0 Å². The molecule has 0 bridgehead atoms. The Balaban J connectivity index is 2.15.